The molecule has 1 saturated heterocycles. The van der Waals surface area contributed by atoms with Crippen LogP contribution >= 0.6 is 7.75 Å². The number of carbonyl (C=O) groups excluding carboxylic acids is 2. The van der Waals surface area contributed by atoms with Gasteiger partial charge < -0.3 is 34.8 Å². The molecule has 1 amide bonds. The number of esters is 1. The highest BCUT2D eigenvalue weighted by molar-refractivity contribution is 7.52. The van der Waals surface area contributed by atoms with Crippen molar-refractivity contribution in [3.05, 3.63) is 42.4 Å². The van der Waals surface area contributed by atoms with Gasteiger partial charge in [-0.2, -0.15) is 5.09 Å². The molecular weight excluding hydrogens is 590 g/mol. The van der Waals surface area contributed by atoms with Crippen molar-refractivity contribution in [2.24, 2.45) is 5.73 Å². The SMILES string of the molecule is CC(NP(=O)(OC[C@@]1(F)O[C@@H](n2cnc3c2NC(N)NC3=O)[C@H](O)[C@]1(C)O)Oc1ccccc1)C(=O)OC1CCCCC1. The van der Waals surface area contributed by atoms with Gasteiger partial charge in [-0.25, -0.2) is 13.9 Å². The summed E-state index contributed by atoms with van der Waals surface area (Å²) in [7, 11) is -4.56. The van der Waals surface area contributed by atoms with E-state index in [2.05, 4.69) is 20.7 Å². The van der Waals surface area contributed by atoms with Crippen LogP contribution in [-0.2, 0) is 23.4 Å². The standard InChI is InChI=1S/C26H36FN6O9P/c1-15(23(36)40-16-9-5-3-6-10-16)32-43(38,42-17-11-7-4-8-12-17)39-13-26(27)25(2,37)19(34)22(41-26)33-14-29-18-20(33)30-24(28)31-21(18)35/h4,7-8,11-12,14-16,19,22,24,30,34,37H,3,5-6,9-10,13,28H2,1-2H3,(H,31,35)(H,32,38)/t15?,19-,22+,24?,25-,26+,43?/m0/s1. The quantitative estimate of drug-likeness (QED) is 0.164. The summed E-state index contributed by atoms with van der Waals surface area (Å²) in [6.07, 6.45) is 0.669. The number of rotatable bonds is 10. The van der Waals surface area contributed by atoms with E-state index in [-0.39, 0.29) is 23.4 Å². The summed E-state index contributed by atoms with van der Waals surface area (Å²) in [5.74, 6) is -4.37. The smallest absolute Gasteiger partial charge is 0.459 e. The Bertz CT molecular complexity index is 1370. The Hall–Kier alpha value is -3.11. The molecular formula is C26H36FN6O9P. The van der Waals surface area contributed by atoms with E-state index < -0.39 is 62.3 Å². The molecule has 17 heteroatoms. The van der Waals surface area contributed by atoms with Crippen molar-refractivity contribution < 1.29 is 47.3 Å². The summed E-state index contributed by atoms with van der Waals surface area (Å²) in [6.45, 7) is 1.16. The predicted octanol–water partition coefficient (Wildman–Crippen LogP) is 1.64. The first kappa shape index (κ1) is 31.3. The molecule has 7 N–H and O–H groups in total. The van der Waals surface area contributed by atoms with Gasteiger partial charge in [0.2, 0.25) is 0 Å². The highest BCUT2D eigenvalue weighted by atomic mass is 31.2. The number of halogens is 1. The molecule has 1 aliphatic carbocycles. The summed E-state index contributed by atoms with van der Waals surface area (Å²) < 4.78 is 53.5. The van der Waals surface area contributed by atoms with Gasteiger partial charge >= 0.3 is 13.7 Å². The minimum atomic E-state index is -4.56. The first-order chi connectivity index (χ1) is 20.3. The molecule has 236 valence electrons. The average Bonchev–Trinajstić information content (AvgIpc) is 3.46. The van der Waals surface area contributed by atoms with Crippen molar-refractivity contribution in [1.82, 2.24) is 20.0 Å². The fourth-order valence-electron chi connectivity index (χ4n) is 5.14. The molecule has 0 spiro atoms. The van der Waals surface area contributed by atoms with Crippen LogP contribution in [0, 0.1) is 0 Å². The van der Waals surface area contributed by atoms with E-state index in [1.165, 1.54) is 19.1 Å². The number of ether oxygens (including phenoxy) is 2. The third-order valence-corrected chi connectivity index (χ3v) is 9.32. The molecule has 0 bridgehead atoms. The van der Waals surface area contributed by atoms with Crippen LogP contribution in [0.3, 0.4) is 0 Å². The van der Waals surface area contributed by atoms with E-state index in [1.54, 1.807) is 18.2 Å². The zero-order valence-corrected chi connectivity index (χ0v) is 24.5. The summed E-state index contributed by atoms with van der Waals surface area (Å²) in [6, 6.07) is 6.68. The van der Waals surface area contributed by atoms with Crippen LogP contribution in [0.5, 0.6) is 5.75 Å². The Kier molecular flexibility index (Phi) is 8.82. The Balaban J connectivity index is 1.34. The molecule has 5 rings (SSSR count). The minimum Gasteiger partial charge on any atom is -0.461 e. The largest absolute Gasteiger partial charge is 0.461 e. The van der Waals surface area contributed by atoms with Gasteiger partial charge in [-0.3, -0.25) is 24.4 Å². The first-order valence-corrected chi connectivity index (χ1v) is 15.5. The monoisotopic (exact) mass is 626 g/mol. The van der Waals surface area contributed by atoms with Crippen LogP contribution in [0.15, 0.2) is 36.7 Å². The molecule has 7 atom stereocenters. The van der Waals surface area contributed by atoms with Crippen molar-refractivity contribution >= 4 is 25.4 Å². The van der Waals surface area contributed by atoms with Crippen molar-refractivity contribution in [2.45, 2.75) is 88.2 Å². The maximum Gasteiger partial charge on any atom is 0.459 e. The molecule has 1 aromatic heterocycles. The molecule has 2 fully saturated rings. The zero-order valence-electron chi connectivity index (χ0n) is 23.6. The minimum absolute atomic E-state index is 0.0197. The van der Waals surface area contributed by atoms with Crippen molar-refractivity contribution in [3.8, 4) is 5.75 Å². The number of hydrogen-bond donors (Lipinski definition) is 6. The Morgan fingerprint density at radius 3 is 2.70 bits per heavy atom. The number of imidazole rings is 1. The summed E-state index contributed by atoms with van der Waals surface area (Å²) in [5, 5.41) is 29.7. The van der Waals surface area contributed by atoms with E-state index in [0.717, 1.165) is 49.9 Å². The number of fused-ring (bicyclic) bond motifs is 1. The van der Waals surface area contributed by atoms with Crippen LogP contribution in [0.1, 0.15) is 62.7 Å². The zero-order chi connectivity index (χ0) is 31.0. The molecule has 0 radical (unpaired) electrons. The molecule has 3 heterocycles. The van der Waals surface area contributed by atoms with Crippen LogP contribution in [0.2, 0.25) is 0 Å². The molecule has 1 saturated carbocycles. The van der Waals surface area contributed by atoms with Gasteiger partial charge in [0, 0.05) is 0 Å². The fraction of sp³-hybridized carbons (Fsp3) is 0.577. The maximum absolute atomic E-state index is 16.4. The van der Waals surface area contributed by atoms with Gasteiger partial charge in [-0.15, -0.1) is 0 Å². The number of aliphatic hydroxyl groups excluding tert-OH is 1. The number of para-hydroxylation sites is 1. The molecule has 15 nitrogen and oxygen atoms in total. The second-order valence-electron chi connectivity index (χ2n) is 11.0. The second kappa shape index (κ2) is 12.1. The summed E-state index contributed by atoms with van der Waals surface area (Å²) in [4.78, 5) is 29.0. The van der Waals surface area contributed by atoms with E-state index in [0.29, 0.717) is 0 Å². The van der Waals surface area contributed by atoms with E-state index in [4.69, 9.17) is 24.3 Å². The number of nitrogens with one attached hydrogen (secondary N) is 3. The second-order valence-corrected chi connectivity index (χ2v) is 12.7. The normalized spacial score (nSPS) is 31.3. The number of carbonyl (C=O) groups is 2. The molecule has 3 aliphatic rings. The number of nitrogens with zero attached hydrogens (tertiary/aromatic N) is 2. The lowest BCUT2D eigenvalue weighted by Gasteiger charge is -2.33. The number of hydrogen-bond acceptors (Lipinski definition) is 12. The molecule has 2 aliphatic heterocycles. The number of alkyl halides is 1. The predicted molar refractivity (Wildman–Crippen MR) is 148 cm³/mol. The topological polar surface area (TPSA) is 209 Å². The van der Waals surface area contributed by atoms with Gasteiger partial charge in [-0.1, -0.05) is 24.6 Å². The van der Waals surface area contributed by atoms with Gasteiger partial charge in [0.05, 0.1) is 6.33 Å². The Morgan fingerprint density at radius 1 is 1.30 bits per heavy atom. The number of nitrogens with two attached hydrogens (primary N) is 1. The van der Waals surface area contributed by atoms with Crippen molar-refractivity contribution in [2.75, 3.05) is 11.9 Å². The molecule has 43 heavy (non-hydrogen) atoms. The van der Waals surface area contributed by atoms with Crippen LogP contribution in [-0.4, -0.2) is 74.2 Å². The lowest BCUT2D eigenvalue weighted by Crippen LogP contribution is -2.54. The molecule has 3 unspecified atom stereocenters. The van der Waals surface area contributed by atoms with Crippen LogP contribution in [0.4, 0.5) is 10.2 Å². The average molecular weight is 627 g/mol. The van der Waals surface area contributed by atoms with Crippen molar-refractivity contribution in [1.29, 1.82) is 0 Å². The van der Waals surface area contributed by atoms with E-state index in [9.17, 15) is 24.4 Å². The molecule has 2 aromatic rings. The number of aliphatic hydroxyl groups is 2. The third kappa shape index (κ3) is 6.41. The first-order valence-electron chi connectivity index (χ1n) is 14.0. The molecule has 1 aromatic carbocycles. The van der Waals surface area contributed by atoms with E-state index in [1.807, 2.05) is 0 Å². The highest BCUT2D eigenvalue weighted by Gasteiger charge is 2.65. The van der Waals surface area contributed by atoms with Crippen molar-refractivity contribution in [3.63, 3.8) is 0 Å². The summed E-state index contributed by atoms with van der Waals surface area (Å²) in [5.41, 5.74) is 3.04. The lowest BCUT2D eigenvalue weighted by atomic mass is 9.93. The van der Waals surface area contributed by atoms with Crippen LogP contribution in [0.25, 0.3) is 0 Å². The van der Waals surface area contributed by atoms with Gasteiger partial charge in [-0.05, 0) is 51.7 Å². The lowest BCUT2D eigenvalue weighted by molar-refractivity contribution is -0.234. The number of amides is 1. The number of anilines is 1. The van der Waals surface area contributed by atoms with Gasteiger partial charge in [0.1, 0.15) is 36.4 Å². The Morgan fingerprint density at radius 2 is 2.00 bits per heavy atom. The highest BCUT2D eigenvalue weighted by Crippen LogP contribution is 2.51. The number of aromatic nitrogens is 2. The summed E-state index contributed by atoms with van der Waals surface area (Å²) >= 11 is 0. The van der Waals surface area contributed by atoms with Gasteiger partial charge in [0.15, 0.2) is 23.8 Å². The van der Waals surface area contributed by atoms with E-state index >= 15 is 4.39 Å². The van der Waals surface area contributed by atoms with Crippen LogP contribution < -0.4 is 26.0 Å². The number of benzene rings is 1. The maximum atomic E-state index is 16.4. The Labute approximate surface area is 246 Å². The third-order valence-electron chi connectivity index (χ3n) is 7.70. The van der Waals surface area contributed by atoms with Gasteiger partial charge in [0.25, 0.3) is 11.8 Å². The fourth-order valence-corrected chi connectivity index (χ4v) is 6.63.